The van der Waals surface area contributed by atoms with Gasteiger partial charge in [0.1, 0.15) is 18.2 Å². The van der Waals surface area contributed by atoms with Crippen LogP contribution in [0.15, 0.2) is 48.5 Å². The van der Waals surface area contributed by atoms with E-state index in [-0.39, 0.29) is 11.9 Å². The Kier molecular flexibility index (Phi) is 4.45. The summed E-state index contributed by atoms with van der Waals surface area (Å²) in [5.74, 6) is 0.705. The van der Waals surface area contributed by atoms with E-state index in [0.717, 1.165) is 29.6 Å². The van der Waals surface area contributed by atoms with Gasteiger partial charge in [0.25, 0.3) is 0 Å². The molecular formula is C22H25FN2O. The molecule has 2 aromatic carbocycles. The van der Waals surface area contributed by atoms with Crippen LogP contribution in [0.1, 0.15) is 31.1 Å². The first-order valence-electron chi connectivity index (χ1n) is 9.26. The van der Waals surface area contributed by atoms with Crippen LogP contribution in [-0.2, 0) is 13.0 Å². The minimum atomic E-state index is -0.175. The number of rotatable bonds is 4. The maximum absolute atomic E-state index is 13.9. The van der Waals surface area contributed by atoms with Crippen LogP contribution in [-0.4, -0.2) is 29.2 Å². The highest BCUT2D eigenvalue weighted by atomic mass is 19.1. The first-order valence-corrected chi connectivity index (χ1v) is 9.26. The van der Waals surface area contributed by atoms with Gasteiger partial charge in [0, 0.05) is 35.1 Å². The lowest BCUT2D eigenvalue weighted by atomic mass is 9.93. The molecule has 1 aliphatic heterocycles. The molecule has 3 aromatic rings. The molecule has 1 aromatic heterocycles. The number of likely N-dealkylation sites (N-methyl/N-ethyl adjacent to an activating group) is 1. The molecule has 0 aliphatic carbocycles. The van der Waals surface area contributed by atoms with Crippen LogP contribution in [0.2, 0.25) is 0 Å². The Hall–Kier alpha value is -2.33. The molecule has 2 unspecified atom stereocenters. The van der Waals surface area contributed by atoms with E-state index in [1.807, 2.05) is 36.4 Å². The molecule has 2 atom stereocenters. The monoisotopic (exact) mass is 352 g/mol. The van der Waals surface area contributed by atoms with Crippen LogP contribution in [0.4, 0.5) is 4.39 Å². The van der Waals surface area contributed by atoms with Crippen molar-refractivity contribution < 1.29 is 9.13 Å². The van der Waals surface area contributed by atoms with Gasteiger partial charge >= 0.3 is 0 Å². The Bertz CT molecular complexity index is 919. The maximum Gasteiger partial charge on any atom is 0.123 e. The summed E-state index contributed by atoms with van der Waals surface area (Å²) in [6, 6.07) is 15.8. The van der Waals surface area contributed by atoms with Crippen LogP contribution in [0.5, 0.6) is 5.75 Å². The Morgan fingerprint density at radius 1 is 1.12 bits per heavy atom. The Morgan fingerprint density at radius 3 is 2.65 bits per heavy atom. The van der Waals surface area contributed by atoms with Gasteiger partial charge in [-0.1, -0.05) is 18.2 Å². The number of ether oxygens (including phenoxy) is 1. The number of aromatic nitrogens is 1. The van der Waals surface area contributed by atoms with E-state index in [1.165, 1.54) is 11.3 Å². The zero-order chi connectivity index (χ0) is 18.3. The van der Waals surface area contributed by atoms with Crippen LogP contribution in [0, 0.1) is 5.82 Å². The minimum absolute atomic E-state index is 0.175. The van der Waals surface area contributed by atoms with Crippen molar-refractivity contribution in [2.24, 2.45) is 0 Å². The second kappa shape index (κ2) is 6.76. The van der Waals surface area contributed by atoms with E-state index >= 15 is 0 Å². The summed E-state index contributed by atoms with van der Waals surface area (Å²) >= 11 is 0. The number of hydrogen-bond donors (Lipinski definition) is 0. The first kappa shape index (κ1) is 17.1. The van der Waals surface area contributed by atoms with Crippen molar-refractivity contribution in [3.8, 4) is 5.75 Å². The molecule has 0 saturated heterocycles. The van der Waals surface area contributed by atoms with Gasteiger partial charge < -0.3 is 9.30 Å². The molecular weight excluding hydrogens is 327 g/mol. The zero-order valence-electron chi connectivity index (χ0n) is 15.6. The molecule has 0 spiro atoms. The maximum atomic E-state index is 13.9. The van der Waals surface area contributed by atoms with Crippen molar-refractivity contribution in [3.63, 3.8) is 0 Å². The standard InChI is InChI=1S/C22H25FN2O/c1-15-13-21-22(16(2)24(15)3)19-14-17(23)9-10-20(19)25(21)11-12-26-18-7-5-4-6-8-18/h4-10,14-16H,11-13H2,1-3H3. The largest absolute Gasteiger partial charge is 0.492 e. The number of halogens is 1. The van der Waals surface area contributed by atoms with Crippen LogP contribution in [0.3, 0.4) is 0 Å². The molecule has 4 rings (SSSR count). The smallest absolute Gasteiger partial charge is 0.123 e. The molecule has 0 N–H and O–H groups in total. The van der Waals surface area contributed by atoms with Gasteiger partial charge in [0.2, 0.25) is 0 Å². The fourth-order valence-electron chi connectivity index (χ4n) is 4.13. The third kappa shape index (κ3) is 2.88. The lowest BCUT2D eigenvalue weighted by Crippen LogP contribution is -2.38. The number of fused-ring (bicyclic) bond motifs is 3. The third-order valence-electron chi connectivity index (χ3n) is 5.72. The summed E-state index contributed by atoms with van der Waals surface area (Å²) in [4.78, 5) is 2.37. The van der Waals surface area contributed by atoms with Crippen molar-refractivity contribution in [1.29, 1.82) is 0 Å². The van der Waals surface area contributed by atoms with Gasteiger partial charge in [0.15, 0.2) is 0 Å². The minimum Gasteiger partial charge on any atom is -0.492 e. The molecule has 0 amide bonds. The van der Waals surface area contributed by atoms with E-state index in [4.69, 9.17) is 4.74 Å². The summed E-state index contributed by atoms with van der Waals surface area (Å²) < 4.78 is 22.2. The number of para-hydroxylation sites is 1. The normalized spacial score (nSPS) is 20.3. The third-order valence-corrected chi connectivity index (χ3v) is 5.72. The van der Waals surface area contributed by atoms with E-state index in [9.17, 15) is 4.39 Å². The van der Waals surface area contributed by atoms with Crippen molar-refractivity contribution in [2.75, 3.05) is 13.7 Å². The average molecular weight is 352 g/mol. The van der Waals surface area contributed by atoms with Gasteiger partial charge in [-0.25, -0.2) is 4.39 Å². The predicted molar refractivity (Wildman–Crippen MR) is 103 cm³/mol. The molecule has 0 radical (unpaired) electrons. The molecule has 1 aliphatic rings. The first-order chi connectivity index (χ1) is 12.6. The summed E-state index contributed by atoms with van der Waals surface area (Å²) in [5, 5.41) is 1.03. The van der Waals surface area contributed by atoms with E-state index in [2.05, 4.69) is 30.4 Å². The second-order valence-corrected chi connectivity index (χ2v) is 7.23. The highest BCUT2D eigenvalue weighted by molar-refractivity contribution is 5.86. The van der Waals surface area contributed by atoms with E-state index in [0.29, 0.717) is 12.6 Å². The molecule has 4 heteroatoms. The number of benzene rings is 2. The molecule has 136 valence electrons. The quantitative estimate of drug-likeness (QED) is 0.671. The fourth-order valence-corrected chi connectivity index (χ4v) is 4.13. The van der Waals surface area contributed by atoms with Gasteiger partial charge in [-0.3, -0.25) is 4.90 Å². The number of nitrogens with zero attached hydrogens (tertiary/aromatic N) is 2. The van der Waals surface area contributed by atoms with Gasteiger partial charge in [-0.2, -0.15) is 0 Å². The van der Waals surface area contributed by atoms with Gasteiger partial charge in [0.05, 0.1) is 6.54 Å². The lowest BCUT2D eigenvalue weighted by molar-refractivity contribution is 0.176. The predicted octanol–water partition coefficient (Wildman–Crippen LogP) is 4.80. The summed E-state index contributed by atoms with van der Waals surface area (Å²) in [6.45, 7) is 5.82. The van der Waals surface area contributed by atoms with E-state index in [1.54, 1.807) is 12.1 Å². The highest BCUT2D eigenvalue weighted by Gasteiger charge is 2.31. The van der Waals surface area contributed by atoms with Crippen LogP contribution in [0.25, 0.3) is 10.9 Å². The Labute approximate surface area is 154 Å². The highest BCUT2D eigenvalue weighted by Crippen LogP contribution is 2.39. The molecule has 3 nitrogen and oxygen atoms in total. The van der Waals surface area contributed by atoms with Crippen molar-refractivity contribution in [3.05, 3.63) is 65.6 Å². The summed E-state index contributed by atoms with van der Waals surface area (Å²) in [7, 11) is 2.15. The van der Waals surface area contributed by atoms with Gasteiger partial charge in [-0.05, 0) is 56.8 Å². The number of hydrogen-bond acceptors (Lipinski definition) is 2. The van der Waals surface area contributed by atoms with Crippen LogP contribution >= 0.6 is 0 Å². The summed E-state index contributed by atoms with van der Waals surface area (Å²) in [6.07, 6.45) is 0.970. The van der Waals surface area contributed by atoms with Gasteiger partial charge in [-0.15, -0.1) is 0 Å². The molecule has 0 fully saturated rings. The molecule has 26 heavy (non-hydrogen) atoms. The Balaban J connectivity index is 1.71. The topological polar surface area (TPSA) is 17.4 Å². The van der Waals surface area contributed by atoms with Crippen molar-refractivity contribution in [1.82, 2.24) is 9.47 Å². The molecule has 0 saturated carbocycles. The van der Waals surface area contributed by atoms with Crippen molar-refractivity contribution in [2.45, 2.75) is 38.9 Å². The van der Waals surface area contributed by atoms with Crippen LogP contribution < -0.4 is 4.74 Å². The fraction of sp³-hybridized carbons (Fsp3) is 0.364. The SMILES string of the molecule is CC1Cc2c(c3cc(F)ccc3n2CCOc2ccccc2)C(C)N1C. The second-order valence-electron chi connectivity index (χ2n) is 7.23. The lowest BCUT2D eigenvalue weighted by Gasteiger charge is -2.36. The van der Waals surface area contributed by atoms with E-state index < -0.39 is 0 Å². The molecule has 2 heterocycles. The zero-order valence-corrected chi connectivity index (χ0v) is 15.6. The molecule has 0 bridgehead atoms. The average Bonchev–Trinajstić information content (AvgIpc) is 2.93. The Morgan fingerprint density at radius 2 is 1.88 bits per heavy atom. The summed E-state index contributed by atoms with van der Waals surface area (Å²) in [5.41, 5.74) is 3.68. The van der Waals surface area contributed by atoms with Crippen molar-refractivity contribution >= 4 is 10.9 Å².